The lowest BCUT2D eigenvalue weighted by molar-refractivity contribution is -0.173. The molecule has 0 bridgehead atoms. The van der Waals surface area contributed by atoms with E-state index in [0.717, 1.165) is 39.3 Å². The molecule has 3 atom stereocenters. The van der Waals surface area contributed by atoms with Crippen molar-refractivity contribution < 1.29 is 18.0 Å². The molecular formula is C25H25BrF3N5OS2. The number of hydrogen-bond acceptors (Lipinski definition) is 6. The molecule has 3 aromatic rings. The van der Waals surface area contributed by atoms with Crippen molar-refractivity contribution in [2.75, 3.05) is 10.6 Å². The van der Waals surface area contributed by atoms with Gasteiger partial charge in [0.05, 0.1) is 16.1 Å². The minimum atomic E-state index is -4.55. The van der Waals surface area contributed by atoms with Gasteiger partial charge in [-0.25, -0.2) is 4.68 Å². The molecule has 0 fully saturated rings. The van der Waals surface area contributed by atoms with Crippen molar-refractivity contribution in [3.63, 3.8) is 0 Å². The number of rotatable bonds is 3. The smallest absolute Gasteiger partial charge is 0.362 e. The van der Waals surface area contributed by atoms with E-state index in [2.05, 4.69) is 58.5 Å². The van der Waals surface area contributed by atoms with Crippen molar-refractivity contribution in [2.24, 2.45) is 11.3 Å². The lowest BCUT2D eigenvalue weighted by atomic mass is 9.72. The fourth-order valence-electron chi connectivity index (χ4n) is 5.10. The number of hydrogen-bond donors (Lipinski definition) is 2. The highest BCUT2D eigenvalue weighted by Crippen LogP contribution is 2.48. The third-order valence-corrected chi connectivity index (χ3v) is 10.1. The largest absolute Gasteiger partial charge is 0.410 e. The minimum Gasteiger partial charge on any atom is -0.362 e. The summed E-state index contributed by atoms with van der Waals surface area (Å²) in [6, 6.07) is 3.36. The van der Waals surface area contributed by atoms with Crippen LogP contribution in [0.4, 0.5) is 24.0 Å². The Morgan fingerprint density at radius 1 is 1.35 bits per heavy atom. The van der Waals surface area contributed by atoms with Gasteiger partial charge >= 0.3 is 6.18 Å². The third-order valence-electron chi connectivity index (χ3n) is 7.23. The van der Waals surface area contributed by atoms with Gasteiger partial charge in [-0.2, -0.15) is 23.5 Å². The Morgan fingerprint density at radius 2 is 2.11 bits per heavy atom. The Bertz CT molecular complexity index is 1380. The molecule has 0 aromatic carbocycles. The zero-order chi connectivity index (χ0) is 26.7. The number of fused-ring (bicyclic) bond motifs is 2. The van der Waals surface area contributed by atoms with Crippen LogP contribution in [0.25, 0.3) is 0 Å². The Hall–Kier alpha value is -2.36. The van der Waals surface area contributed by atoms with Crippen molar-refractivity contribution in [1.29, 1.82) is 5.26 Å². The predicted molar refractivity (Wildman–Crippen MR) is 142 cm³/mol. The van der Waals surface area contributed by atoms with Crippen LogP contribution in [0, 0.1) is 22.7 Å². The van der Waals surface area contributed by atoms with Crippen LogP contribution in [-0.2, 0) is 12.8 Å². The normalized spacial score (nSPS) is 21.5. The van der Waals surface area contributed by atoms with Gasteiger partial charge in [-0.05, 0) is 63.5 Å². The van der Waals surface area contributed by atoms with E-state index in [0.29, 0.717) is 16.5 Å². The first-order valence-corrected chi connectivity index (χ1v) is 14.4. The van der Waals surface area contributed by atoms with Gasteiger partial charge < -0.3 is 10.6 Å². The van der Waals surface area contributed by atoms with E-state index in [9.17, 15) is 23.2 Å². The average molecular weight is 613 g/mol. The summed E-state index contributed by atoms with van der Waals surface area (Å²) in [5.41, 5.74) is 1.36. The monoisotopic (exact) mass is 611 g/mol. The average Bonchev–Trinajstić information content (AvgIpc) is 3.54. The number of carbonyl (C=O) groups excluding carboxylic acids is 1. The van der Waals surface area contributed by atoms with Gasteiger partial charge in [0.1, 0.15) is 16.9 Å². The molecule has 4 heterocycles. The number of amides is 1. The van der Waals surface area contributed by atoms with Gasteiger partial charge in [0.25, 0.3) is 5.91 Å². The molecule has 0 radical (unpaired) electrons. The molecule has 0 saturated carbocycles. The molecule has 2 aliphatic rings. The number of thiophene rings is 2. The highest BCUT2D eigenvalue weighted by Gasteiger charge is 2.48. The van der Waals surface area contributed by atoms with E-state index >= 15 is 0 Å². The van der Waals surface area contributed by atoms with Crippen molar-refractivity contribution >= 4 is 55.3 Å². The summed E-state index contributed by atoms with van der Waals surface area (Å²) in [6.45, 7) is 6.61. The summed E-state index contributed by atoms with van der Waals surface area (Å²) in [5.74, 6) is -0.0906. The summed E-state index contributed by atoms with van der Waals surface area (Å²) >= 11 is 6.07. The van der Waals surface area contributed by atoms with Gasteiger partial charge in [0.15, 0.2) is 11.7 Å². The maximum Gasteiger partial charge on any atom is 0.410 e. The number of aromatic nitrogens is 2. The summed E-state index contributed by atoms with van der Waals surface area (Å²) in [5, 5.41) is 22.1. The maximum absolute atomic E-state index is 14.0. The second-order valence-electron chi connectivity index (χ2n) is 10.5. The van der Waals surface area contributed by atoms with Crippen LogP contribution >= 0.6 is 38.6 Å². The predicted octanol–water partition coefficient (Wildman–Crippen LogP) is 7.70. The number of nitrogens with zero attached hydrogens (tertiary/aromatic N) is 3. The van der Waals surface area contributed by atoms with Crippen LogP contribution in [0.1, 0.15) is 77.1 Å². The zero-order valence-electron chi connectivity index (χ0n) is 20.4. The van der Waals surface area contributed by atoms with E-state index in [4.69, 9.17) is 0 Å². The van der Waals surface area contributed by atoms with E-state index in [1.54, 1.807) is 12.1 Å². The van der Waals surface area contributed by atoms with Gasteiger partial charge in [-0.1, -0.05) is 26.8 Å². The van der Waals surface area contributed by atoms with Gasteiger partial charge in [-0.15, -0.1) is 22.7 Å². The van der Waals surface area contributed by atoms with E-state index < -0.39 is 24.2 Å². The summed E-state index contributed by atoms with van der Waals surface area (Å²) in [7, 11) is 0. The molecule has 6 nitrogen and oxygen atoms in total. The van der Waals surface area contributed by atoms with Crippen molar-refractivity contribution in [2.45, 2.75) is 64.7 Å². The van der Waals surface area contributed by atoms with Crippen LogP contribution < -0.4 is 10.6 Å². The Morgan fingerprint density at radius 3 is 2.73 bits per heavy atom. The van der Waals surface area contributed by atoms with Crippen molar-refractivity contribution in [3.05, 3.63) is 48.6 Å². The first kappa shape index (κ1) is 26.3. The molecule has 3 aromatic heterocycles. The maximum atomic E-state index is 14.0. The SMILES string of the molecule is CC(C)(C)[C@@H]1CCc2c(sc(NC(=O)c3nn4c(c3Br)N[C@@H](c3cccs3)C[C@@H]4C(F)(F)F)c2C#N)C1. The molecule has 1 aliphatic carbocycles. The van der Waals surface area contributed by atoms with Gasteiger partial charge in [0.2, 0.25) is 0 Å². The second kappa shape index (κ2) is 9.43. The first-order chi connectivity index (χ1) is 17.4. The number of alkyl halides is 3. The van der Waals surface area contributed by atoms with Crippen LogP contribution in [0.3, 0.4) is 0 Å². The fraction of sp³-hybridized carbons (Fsp3) is 0.480. The molecule has 0 saturated heterocycles. The highest BCUT2D eigenvalue weighted by atomic mass is 79.9. The molecule has 12 heteroatoms. The molecule has 196 valence electrons. The molecule has 0 unspecified atom stereocenters. The fourth-order valence-corrected chi connectivity index (χ4v) is 7.72. The molecule has 1 amide bonds. The van der Waals surface area contributed by atoms with Gasteiger partial charge in [-0.3, -0.25) is 4.79 Å². The Balaban J connectivity index is 1.46. The second-order valence-corrected chi connectivity index (χ2v) is 13.4. The minimum absolute atomic E-state index is 0.108. The summed E-state index contributed by atoms with van der Waals surface area (Å²) in [4.78, 5) is 15.2. The van der Waals surface area contributed by atoms with Crippen LogP contribution in [0.2, 0.25) is 0 Å². The quantitative estimate of drug-likeness (QED) is 0.318. The molecule has 1 aliphatic heterocycles. The Kier molecular flexibility index (Phi) is 6.69. The molecule has 37 heavy (non-hydrogen) atoms. The lowest BCUT2D eigenvalue weighted by Crippen LogP contribution is -2.35. The molecule has 2 N–H and O–H groups in total. The van der Waals surface area contributed by atoms with Crippen molar-refractivity contribution in [3.8, 4) is 6.07 Å². The standard InChI is InChI=1S/C25H25BrF3N5OS2/c1-24(2,3)12-6-7-13-14(11-30)23(37-17(13)9-12)32-22(35)20-19(26)21-31-15(16-5-4-8-36-16)10-18(25(27,28)29)34(21)33-20/h4-5,8,12,15,18,31H,6-7,9-10H2,1-3H3,(H,32,35)/t12-,15-,18-/m1/s1. The topological polar surface area (TPSA) is 82.7 Å². The zero-order valence-corrected chi connectivity index (χ0v) is 23.6. The first-order valence-electron chi connectivity index (χ1n) is 11.9. The molecule has 0 spiro atoms. The third kappa shape index (κ3) is 4.81. The van der Waals surface area contributed by atoms with Crippen LogP contribution in [-0.4, -0.2) is 21.9 Å². The number of nitrogens with one attached hydrogen (secondary N) is 2. The molecule has 5 rings (SSSR count). The van der Waals surface area contributed by atoms with Gasteiger partial charge in [0, 0.05) is 16.2 Å². The number of anilines is 2. The van der Waals surface area contributed by atoms with E-state index in [1.807, 2.05) is 5.38 Å². The van der Waals surface area contributed by atoms with Crippen LogP contribution in [0.15, 0.2) is 22.0 Å². The van der Waals surface area contributed by atoms with Crippen molar-refractivity contribution in [1.82, 2.24) is 9.78 Å². The lowest BCUT2D eigenvalue weighted by Gasteiger charge is -2.33. The summed E-state index contributed by atoms with van der Waals surface area (Å²) < 4.78 is 43.1. The number of carbonyl (C=O) groups is 1. The number of halogens is 4. The summed E-state index contributed by atoms with van der Waals surface area (Å²) in [6.07, 6.45) is -2.23. The number of nitriles is 1. The highest BCUT2D eigenvalue weighted by molar-refractivity contribution is 9.10. The Labute approximate surface area is 229 Å². The van der Waals surface area contributed by atoms with E-state index in [-0.39, 0.29) is 27.8 Å². The molecular weight excluding hydrogens is 587 g/mol. The van der Waals surface area contributed by atoms with Crippen LogP contribution in [0.5, 0.6) is 0 Å². The van der Waals surface area contributed by atoms with E-state index in [1.165, 1.54) is 22.7 Å².